The topological polar surface area (TPSA) is 29.3 Å². The highest BCUT2D eigenvalue weighted by atomic mass is 35.5. The van der Waals surface area contributed by atoms with Crippen molar-refractivity contribution >= 4 is 28.8 Å². The zero-order valence-corrected chi connectivity index (χ0v) is 16.8. The van der Waals surface area contributed by atoms with E-state index in [4.69, 9.17) is 16.6 Å². The van der Waals surface area contributed by atoms with Crippen LogP contribution in [-0.4, -0.2) is 9.38 Å². The zero-order valence-electron chi connectivity index (χ0n) is 16.1. The van der Waals surface area contributed by atoms with Gasteiger partial charge in [0, 0.05) is 11.4 Å². The van der Waals surface area contributed by atoms with E-state index in [1.807, 2.05) is 22.6 Å². The van der Waals surface area contributed by atoms with Crippen molar-refractivity contribution in [3.63, 3.8) is 0 Å². The van der Waals surface area contributed by atoms with Crippen molar-refractivity contribution in [3.8, 4) is 11.3 Å². The van der Waals surface area contributed by atoms with Gasteiger partial charge in [0.05, 0.1) is 10.6 Å². The number of pyridine rings is 1. The van der Waals surface area contributed by atoms with E-state index in [9.17, 15) is 4.39 Å². The van der Waals surface area contributed by atoms with Gasteiger partial charge in [0.25, 0.3) is 0 Å². The molecule has 1 N–H and O–H groups in total. The molecule has 0 atom stereocenters. The highest BCUT2D eigenvalue weighted by molar-refractivity contribution is 6.33. The number of halogens is 2. The predicted molar refractivity (Wildman–Crippen MR) is 114 cm³/mol. The van der Waals surface area contributed by atoms with Crippen LogP contribution in [0, 0.1) is 19.7 Å². The van der Waals surface area contributed by atoms with Gasteiger partial charge in [0.2, 0.25) is 0 Å². The lowest BCUT2D eigenvalue weighted by atomic mass is 10.1. The molecular formula is C23H21ClFN3. The van der Waals surface area contributed by atoms with Crippen molar-refractivity contribution in [1.82, 2.24) is 9.38 Å². The number of aryl methyl sites for hydroxylation is 3. The number of para-hydroxylation sites is 1. The lowest BCUT2D eigenvalue weighted by molar-refractivity contribution is 0.631. The molecule has 28 heavy (non-hydrogen) atoms. The molecule has 0 amide bonds. The normalized spacial score (nSPS) is 11.2. The molecule has 2 heterocycles. The van der Waals surface area contributed by atoms with Crippen LogP contribution in [0.25, 0.3) is 16.9 Å². The third kappa shape index (κ3) is 3.04. The van der Waals surface area contributed by atoms with Crippen LogP contribution in [0.4, 0.5) is 15.9 Å². The van der Waals surface area contributed by atoms with E-state index in [1.54, 1.807) is 12.1 Å². The molecule has 0 aliphatic heterocycles. The molecule has 0 fully saturated rings. The summed E-state index contributed by atoms with van der Waals surface area (Å²) in [5.74, 6) is 0.329. The molecule has 0 saturated carbocycles. The van der Waals surface area contributed by atoms with Gasteiger partial charge in [-0.15, -0.1) is 0 Å². The first-order valence-electron chi connectivity index (χ1n) is 9.29. The van der Waals surface area contributed by atoms with Crippen molar-refractivity contribution in [2.75, 3.05) is 5.32 Å². The summed E-state index contributed by atoms with van der Waals surface area (Å²) in [4.78, 5) is 4.74. The number of rotatable bonds is 4. The van der Waals surface area contributed by atoms with Crippen molar-refractivity contribution in [3.05, 3.63) is 82.3 Å². The molecule has 0 unspecified atom stereocenters. The molecule has 0 bridgehead atoms. The fraction of sp³-hybridized carbons (Fsp3) is 0.174. The SMILES string of the molecule is CCc1cccc2nc(-c3c(F)cccc3Cl)c(Nc3c(C)cccc3C)n12. The fourth-order valence-corrected chi connectivity index (χ4v) is 3.83. The molecule has 2 aromatic carbocycles. The van der Waals surface area contributed by atoms with Crippen LogP contribution in [0.3, 0.4) is 0 Å². The highest BCUT2D eigenvalue weighted by Crippen LogP contribution is 2.38. The average Bonchev–Trinajstić information content (AvgIpc) is 3.03. The van der Waals surface area contributed by atoms with Gasteiger partial charge >= 0.3 is 0 Å². The molecule has 3 nitrogen and oxygen atoms in total. The van der Waals surface area contributed by atoms with Crippen molar-refractivity contribution in [2.24, 2.45) is 0 Å². The van der Waals surface area contributed by atoms with E-state index in [-0.39, 0.29) is 0 Å². The molecule has 0 saturated heterocycles. The Balaban J connectivity index is 2.05. The minimum Gasteiger partial charge on any atom is -0.339 e. The number of anilines is 2. The minimum atomic E-state index is -0.390. The van der Waals surface area contributed by atoms with Gasteiger partial charge in [-0.3, -0.25) is 4.40 Å². The Morgan fingerprint density at radius 2 is 1.68 bits per heavy atom. The number of aromatic nitrogens is 2. The van der Waals surface area contributed by atoms with Crippen LogP contribution in [0.2, 0.25) is 5.02 Å². The Labute approximate surface area is 168 Å². The lowest BCUT2D eigenvalue weighted by Crippen LogP contribution is -2.04. The van der Waals surface area contributed by atoms with E-state index in [0.29, 0.717) is 16.3 Å². The molecule has 0 aliphatic carbocycles. The van der Waals surface area contributed by atoms with Crippen molar-refractivity contribution in [1.29, 1.82) is 0 Å². The number of benzene rings is 2. The molecule has 2 aromatic heterocycles. The maximum absolute atomic E-state index is 14.8. The molecule has 0 aliphatic rings. The molecular weight excluding hydrogens is 373 g/mol. The first-order valence-corrected chi connectivity index (χ1v) is 9.67. The Morgan fingerprint density at radius 1 is 1.00 bits per heavy atom. The van der Waals surface area contributed by atoms with E-state index >= 15 is 0 Å². The minimum absolute atomic E-state index is 0.309. The third-order valence-electron chi connectivity index (χ3n) is 5.01. The second-order valence-corrected chi connectivity index (χ2v) is 7.27. The van der Waals surface area contributed by atoms with Crippen LogP contribution < -0.4 is 5.32 Å². The first-order chi connectivity index (χ1) is 13.5. The third-order valence-corrected chi connectivity index (χ3v) is 5.33. The monoisotopic (exact) mass is 393 g/mol. The van der Waals surface area contributed by atoms with Gasteiger partial charge in [-0.1, -0.05) is 48.9 Å². The first kappa shape index (κ1) is 18.5. The summed E-state index contributed by atoms with van der Waals surface area (Å²) >= 11 is 6.39. The van der Waals surface area contributed by atoms with Crippen molar-refractivity contribution in [2.45, 2.75) is 27.2 Å². The van der Waals surface area contributed by atoms with Crippen molar-refractivity contribution < 1.29 is 4.39 Å². The summed E-state index contributed by atoms with van der Waals surface area (Å²) in [5.41, 5.74) is 5.85. The highest BCUT2D eigenvalue weighted by Gasteiger charge is 2.22. The Hall–Kier alpha value is -2.85. The Kier molecular flexibility index (Phi) is 4.82. The Bertz CT molecular complexity index is 1140. The number of fused-ring (bicyclic) bond motifs is 1. The van der Waals surface area contributed by atoms with E-state index in [0.717, 1.165) is 40.4 Å². The standard InChI is InChI=1S/C23H21ClFN3/c1-4-16-10-6-13-19-26-22(20-17(24)11-7-12-18(20)25)23(28(16)19)27-21-14(2)8-5-9-15(21)3/h5-13,27H,4H2,1-3H3. The van der Waals surface area contributed by atoms with Gasteiger partial charge in [-0.25, -0.2) is 9.37 Å². The molecule has 5 heteroatoms. The summed E-state index contributed by atoms with van der Waals surface area (Å²) in [5, 5.41) is 3.87. The van der Waals surface area contributed by atoms with Gasteiger partial charge in [0.15, 0.2) is 0 Å². The molecule has 4 aromatic rings. The predicted octanol–water partition coefficient (Wildman–Crippen LogP) is 6.72. The largest absolute Gasteiger partial charge is 0.339 e. The molecule has 142 valence electrons. The molecule has 0 radical (unpaired) electrons. The second-order valence-electron chi connectivity index (χ2n) is 6.86. The molecule has 0 spiro atoms. The van der Waals surface area contributed by atoms with Crippen LogP contribution in [0.5, 0.6) is 0 Å². The average molecular weight is 394 g/mol. The number of hydrogen-bond donors (Lipinski definition) is 1. The smallest absolute Gasteiger partial charge is 0.143 e. The number of nitrogens with zero attached hydrogens (tertiary/aromatic N) is 2. The summed E-state index contributed by atoms with van der Waals surface area (Å²) in [6.45, 7) is 6.19. The maximum Gasteiger partial charge on any atom is 0.143 e. The van der Waals surface area contributed by atoms with Crippen LogP contribution in [0.15, 0.2) is 54.6 Å². The van der Waals surface area contributed by atoms with Gasteiger partial charge < -0.3 is 5.32 Å². The van der Waals surface area contributed by atoms with E-state index in [2.05, 4.69) is 44.3 Å². The summed E-state index contributed by atoms with van der Waals surface area (Å²) < 4.78 is 16.8. The summed E-state index contributed by atoms with van der Waals surface area (Å²) in [6, 6.07) is 16.8. The van der Waals surface area contributed by atoms with Crippen LogP contribution in [0.1, 0.15) is 23.7 Å². The van der Waals surface area contributed by atoms with Crippen LogP contribution in [-0.2, 0) is 6.42 Å². The van der Waals surface area contributed by atoms with E-state index in [1.165, 1.54) is 6.07 Å². The van der Waals surface area contributed by atoms with E-state index < -0.39 is 5.82 Å². The van der Waals surface area contributed by atoms with Gasteiger partial charge in [-0.2, -0.15) is 0 Å². The number of imidazole rings is 1. The second kappa shape index (κ2) is 7.28. The Morgan fingerprint density at radius 3 is 2.36 bits per heavy atom. The van der Waals surface area contributed by atoms with Crippen LogP contribution >= 0.6 is 11.6 Å². The zero-order chi connectivity index (χ0) is 19.8. The quantitative estimate of drug-likeness (QED) is 0.417. The summed E-state index contributed by atoms with van der Waals surface area (Å²) in [7, 11) is 0. The summed E-state index contributed by atoms with van der Waals surface area (Å²) in [6.07, 6.45) is 0.819. The maximum atomic E-state index is 14.8. The van der Waals surface area contributed by atoms with Gasteiger partial charge in [-0.05, 0) is 55.7 Å². The number of hydrogen-bond acceptors (Lipinski definition) is 2. The fourth-order valence-electron chi connectivity index (χ4n) is 3.58. The lowest BCUT2D eigenvalue weighted by Gasteiger charge is -2.16. The molecule has 4 rings (SSSR count). The number of nitrogens with one attached hydrogen (secondary N) is 1. The van der Waals surface area contributed by atoms with Gasteiger partial charge in [0.1, 0.15) is 23.0 Å².